The number of nitrogens with zero attached hydrogens (tertiary/aromatic N) is 2. The summed E-state index contributed by atoms with van der Waals surface area (Å²) in [6, 6.07) is 7.61. The number of carbonyl (C=O) groups is 1. The van der Waals surface area contributed by atoms with Gasteiger partial charge in [0, 0.05) is 31.8 Å². The van der Waals surface area contributed by atoms with E-state index in [1.54, 1.807) is 17.1 Å². The molecule has 0 atom stereocenters. The van der Waals surface area contributed by atoms with Crippen molar-refractivity contribution in [2.45, 2.75) is 13.0 Å². The van der Waals surface area contributed by atoms with Gasteiger partial charge in [0.05, 0.1) is 12.9 Å². The van der Waals surface area contributed by atoms with Gasteiger partial charge in [-0.3, -0.25) is 4.79 Å². The molecule has 0 unspecified atom stereocenters. The molecule has 2 N–H and O–H groups in total. The quantitative estimate of drug-likeness (QED) is 0.825. The van der Waals surface area contributed by atoms with Crippen LogP contribution < -0.4 is 5.32 Å². The summed E-state index contributed by atoms with van der Waals surface area (Å²) in [5.74, 6) is 5.67. The molecule has 1 aromatic heterocycles. The van der Waals surface area contributed by atoms with Crippen LogP contribution in [0.25, 0.3) is 0 Å². The Kier molecular flexibility index (Phi) is 5.13. The van der Waals surface area contributed by atoms with Crippen molar-refractivity contribution in [2.24, 2.45) is 7.05 Å². The monoisotopic (exact) mass is 283 g/mol. The molecule has 1 aromatic carbocycles. The minimum atomic E-state index is -0.214. The van der Waals surface area contributed by atoms with Gasteiger partial charge in [-0.2, -0.15) is 0 Å². The number of hydrogen-bond acceptors (Lipinski definition) is 3. The highest BCUT2D eigenvalue weighted by Crippen LogP contribution is 2.07. The molecule has 0 aliphatic carbocycles. The molecule has 0 spiro atoms. The van der Waals surface area contributed by atoms with Crippen LogP contribution in [0.4, 0.5) is 0 Å². The minimum Gasteiger partial charge on any atom is -0.395 e. The molecule has 5 heteroatoms. The van der Waals surface area contributed by atoms with E-state index in [2.05, 4.69) is 22.1 Å². The summed E-state index contributed by atoms with van der Waals surface area (Å²) >= 11 is 0. The molecule has 0 radical (unpaired) electrons. The highest BCUT2D eigenvalue weighted by molar-refractivity contribution is 5.91. The number of hydrogen-bond donors (Lipinski definition) is 2. The smallest absolute Gasteiger partial charge is 0.271 e. The van der Waals surface area contributed by atoms with Crippen molar-refractivity contribution in [3.05, 3.63) is 53.6 Å². The molecule has 0 aliphatic rings. The van der Waals surface area contributed by atoms with Crippen LogP contribution in [0.1, 0.15) is 28.0 Å². The Hall–Kier alpha value is -2.58. The first-order valence-corrected chi connectivity index (χ1v) is 6.64. The highest BCUT2D eigenvalue weighted by atomic mass is 16.2. The first-order valence-electron chi connectivity index (χ1n) is 6.64. The van der Waals surface area contributed by atoms with Crippen LogP contribution in [0.2, 0.25) is 0 Å². The summed E-state index contributed by atoms with van der Waals surface area (Å²) in [6.45, 7) is 0.435. The fraction of sp³-hybridized carbons (Fsp3) is 0.250. The number of carbonyl (C=O) groups excluding carboxylic acids is 1. The summed E-state index contributed by atoms with van der Waals surface area (Å²) in [6.07, 6.45) is 3.69. The summed E-state index contributed by atoms with van der Waals surface area (Å²) in [5, 5.41) is 11.6. The zero-order chi connectivity index (χ0) is 15.1. The van der Waals surface area contributed by atoms with Gasteiger partial charge in [0.1, 0.15) is 5.69 Å². The van der Waals surface area contributed by atoms with Crippen molar-refractivity contribution >= 4 is 5.91 Å². The molecular formula is C16H17N3O2. The molecule has 2 rings (SSSR count). The normalized spacial score (nSPS) is 9.81. The Balaban J connectivity index is 2.03. The lowest BCUT2D eigenvalue weighted by Gasteiger charge is -2.06. The Bertz CT molecular complexity index is 680. The van der Waals surface area contributed by atoms with Crippen molar-refractivity contribution in [2.75, 3.05) is 6.61 Å². The van der Waals surface area contributed by atoms with Gasteiger partial charge < -0.3 is 15.0 Å². The Morgan fingerprint density at radius 3 is 2.95 bits per heavy atom. The van der Waals surface area contributed by atoms with E-state index in [0.29, 0.717) is 18.7 Å². The molecule has 1 heterocycles. The van der Waals surface area contributed by atoms with Gasteiger partial charge in [-0.05, 0) is 11.6 Å². The number of amides is 1. The summed E-state index contributed by atoms with van der Waals surface area (Å²) < 4.78 is 1.73. The van der Waals surface area contributed by atoms with E-state index in [1.165, 1.54) is 0 Å². The minimum absolute atomic E-state index is 0.0472. The molecule has 0 fully saturated rings. The van der Waals surface area contributed by atoms with Crippen LogP contribution in [-0.2, 0) is 13.6 Å². The second kappa shape index (κ2) is 7.27. The zero-order valence-electron chi connectivity index (χ0n) is 11.8. The second-order valence-corrected chi connectivity index (χ2v) is 4.54. The Morgan fingerprint density at radius 1 is 1.43 bits per heavy atom. The lowest BCUT2D eigenvalue weighted by atomic mass is 10.1. The van der Waals surface area contributed by atoms with Gasteiger partial charge in [0.15, 0.2) is 0 Å². The number of benzene rings is 1. The van der Waals surface area contributed by atoms with Crippen LogP contribution in [0.5, 0.6) is 0 Å². The number of rotatable bonds is 4. The third kappa shape index (κ3) is 4.20. The highest BCUT2D eigenvalue weighted by Gasteiger charge is 2.08. The summed E-state index contributed by atoms with van der Waals surface area (Å²) in [4.78, 5) is 16.0. The van der Waals surface area contributed by atoms with Gasteiger partial charge in [0.25, 0.3) is 5.91 Å². The predicted molar refractivity (Wildman–Crippen MR) is 79.4 cm³/mol. The van der Waals surface area contributed by atoms with Crippen molar-refractivity contribution in [3.63, 3.8) is 0 Å². The number of aliphatic hydroxyl groups excluding tert-OH is 1. The Labute approximate surface area is 123 Å². The first-order chi connectivity index (χ1) is 10.2. The standard InChI is InChI=1S/C16H17N3O2/c1-19-11-15(18-12-19)16(21)17-10-14-8-3-2-6-13(14)7-4-5-9-20/h2-3,6,8,11-12,20H,5,9-10H2,1H3,(H,17,21). The third-order valence-corrected chi connectivity index (χ3v) is 2.85. The van der Waals surface area contributed by atoms with Crippen LogP contribution >= 0.6 is 0 Å². The van der Waals surface area contributed by atoms with E-state index in [0.717, 1.165) is 11.1 Å². The maximum Gasteiger partial charge on any atom is 0.271 e. The molecule has 2 aromatic rings. The number of imidazole rings is 1. The van der Waals surface area contributed by atoms with Gasteiger partial charge >= 0.3 is 0 Å². The second-order valence-electron chi connectivity index (χ2n) is 4.54. The molecule has 1 amide bonds. The van der Waals surface area contributed by atoms with Crippen LogP contribution in [0.15, 0.2) is 36.8 Å². The molecule has 21 heavy (non-hydrogen) atoms. The number of aryl methyl sites for hydroxylation is 1. The van der Waals surface area contributed by atoms with Crippen molar-refractivity contribution in [3.8, 4) is 11.8 Å². The third-order valence-electron chi connectivity index (χ3n) is 2.85. The van der Waals surface area contributed by atoms with Crippen LogP contribution in [0.3, 0.4) is 0 Å². The molecular weight excluding hydrogens is 266 g/mol. The van der Waals surface area contributed by atoms with E-state index in [1.807, 2.05) is 31.3 Å². The summed E-state index contributed by atoms with van der Waals surface area (Å²) in [5.41, 5.74) is 2.18. The van der Waals surface area contributed by atoms with Gasteiger partial charge in [-0.25, -0.2) is 4.98 Å². The lowest BCUT2D eigenvalue weighted by molar-refractivity contribution is 0.0946. The van der Waals surface area contributed by atoms with Gasteiger partial charge in [-0.1, -0.05) is 30.0 Å². The zero-order valence-corrected chi connectivity index (χ0v) is 11.8. The molecule has 0 saturated carbocycles. The maximum absolute atomic E-state index is 11.9. The van der Waals surface area contributed by atoms with Crippen LogP contribution in [-0.4, -0.2) is 27.2 Å². The van der Waals surface area contributed by atoms with E-state index in [4.69, 9.17) is 5.11 Å². The van der Waals surface area contributed by atoms with Crippen molar-refractivity contribution in [1.82, 2.24) is 14.9 Å². The van der Waals surface area contributed by atoms with Gasteiger partial charge in [-0.15, -0.1) is 0 Å². The van der Waals surface area contributed by atoms with Gasteiger partial charge in [0.2, 0.25) is 0 Å². The van der Waals surface area contributed by atoms with E-state index in [-0.39, 0.29) is 12.5 Å². The molecule has 108 valence electrons. The number of aromatic nitrogens is 2. The number of aliphatic hydroxyl groups is 1. The van der Waals surface area contributed by atoms with E-state index >= 15 is 0 Å². The van der Waals surface area contributed by atoms with Crippen molar-refractivity contribution < 1.29 is 9.90 Å². The Morgan fingerprint density at radius 2 is 2.24 bits per heavy atom. The van der Waals surface area contributed by atoms with E-state index < -0.39 is 0 Å². The molecule has 5 nitrogen and oxygen atoms in total. The number of nitrogens with one attached hydrogen (secondary N) is 1. The fourth-order valence-electron chi connectivity index (χ4n) is 1.81. The average molecular weight is 283 g/mol. The average Bonchev–Trinajstić information content (AvgIpc) is 2.93. The first kappa shape index (κ1) is 14.8. The van der Waals surface area contributed by atoms with Crippen molar-refractivity contribution in [1.29, 1.82) is 0 Å². The summed E-state index contributed by atoms with van der Waals surface area (Å²) in [7, 11) is 1.82. The topological polar surface area (TPSA) is 67.2 Å². The predicted octanol–water partition coefficient (Wildman–Crippen LogP) is 1.08. The largest absolute Gasteiger partial charge is 0.395 e. The molecule has 0 bridgehead atoms. The van der Waals surface area contributed by atoms with Crippen LogP contribution in [0, 0.1) is 11.8 Å². The molecule has 0 aliphatic heterocycles. The van der Waals surface area contributed by atoms with E-state index in [9.17, 15) is 4.79 Å². The fourth-order valence-corrected chi connectivity index (χ4v) is 1.81. The molecule has 0 saturated heterocycles. The SMILES string of the molecule is Cn1cnc(C(=O)NCc2ccccc2C#CCCO)c1. The maximum atomic E-state index is 11.9. The lowest BCUT2D eigenvalue weighted by Crippen LogP contribution is -2.23.